The van der Waals surface area contributed by atoms with Crippen molar-refractivity contribution in [3.8, 4) is 0 Å². The van der Waals surface area contributed by atoms with Gasteiger partial charge >= 0.3 is 0 Å². The molecule has 0 saturated carbocycles. The summed E-state index contributed by atoms with van der Waals surface area (Å²) in [5, 5.41) is 0.475. The number of carbonyl (C=O) groups is 2. The quantitative estimate of drug-likeness (QED) is 0.780. The first kappa shape index (κ1) is 14.5. The summed E-state index contributed by atoms with van der Waals surface area (Å²) >= 11 is 9.26. The van der Waals surface area contributed by atoms with Crippen molar-refractivity contribution in [1.82, 2.24) is 4.90 Å². The van der Waals surface area contributed by atoms with Crippen molar-refractivity contribution in [1.29, 1.82) is 0 Å². The van der Waals surface area contributed by atoms with Crippen molar-refractivity contribution in [3.05, 3.63) is 33.3 Å². The molecule has 1 aliphatic rings. The average Bonchev–Trinajstić information content (AvgIpc) is 2.73. The molecule has 0 aromatic heterocycles. The fourth-order valence-corrected chi connectivity index (χ4v) is 2.79. The van der Waals surface area contributed by atoms with Crippen LogP contribution in [0.15, 0.2) is 22.7 Å². The van der Waals surface area contributed by atoms with E-state index >= 15 is 0 Å². The van der Waals surface area contributed by atoms with Crippen LogP contribution in [0.3, 0.4) is 0 Å². The molecular weight excluding hydrogens is 330 g/mol. The van der Waals surface area contributed by atoms with Crippen LogP contribution in [0, 0.1) is 5.92 Å². The molecule has 3 nitrogen and oxygen atoms in total. The van der Waals surface area contributed by atoms with Gasteiger partial charge in [-0.15, -0.1) is 0 Å². The molecule has 1 fully saturated rings. The molecule has 0 aliphatic carbocycles. The summed E-state index contributed by atoms with van der Waals surface area (Å²) in [7, 11) is 0. The van der Waals surface area contributed by atoms with Crippen molar-refractivity contribution >= 4 is 39.3 Å². The van der Waals surface area contributed by atoms with Gasteiger partial charge in [0.25, 0.3) is 5.91 Å². The van der Waals surface area contributed by atoms with Gasteiger partial charge in [-0.05, 0) is 46.5 Å². The van der Waals surface area contributed by atoms with E-state index in [1.165, 1.54) is 4.90 Å². The molecule has 1 aliphatic heterocycles. The lowest BCUT2D eigenvalue weighted by Gasteiger charge is -2.15. The Labute approximate surface area is 126 Å². The minimum atomic E-state index is -0.252. The summed E-state index contributed by atoms with van der Waals surface area (Å²) < 4.78 is 0.738. The number of carbonyl (C=O) groups excluding carboxylic acids is 2. The molecule has 1 aromatic rings. The van der Waals surface area contributed by atoms with Crippen LogP contribution in [-0.2, 0) is 4.79 Å². The van der Waals surface area contributed by atoms with Crippen LogP contribution in [0.25, 0.3) is 0 Å². The molecule has 0 bridgehead atoms. The maximum atomic E-state index is 12.3. The number of amides is 2. The normalized spacial score (nSPS) is 19.0. The Morgan fingerprint density at radius 2 is 2.26 bits per heavy atom. The van der Waals surface area contributed by atoms with E-state index in [0.29, 0.717) is 29.5 Å². The third-order valence-corrected chi connectivity index (χ3v) is 4.55. The van der Waals surface area contributed by atoms with Gasteiger partial charge in [-0.3, -0.25) is 14.5 Å². The highest BCUT2D eigenvalue weighted by atomic mass is 79.9. The number of hydrogen-bond donors (Lipinski definition) is 0. The summed E-state index contributed by atoms with van der Waals surface area (Å²) in [5.74, 6) is -0.0344. The monoisotopic (exact) mass is 343 g/mol. The first-order chi connectivity index (χ1) is 9.02. The lowest BCUT2D eigenvalue weighted by molar-refractivity contribution is -0.125. The number of rotatable bonds is 3. The second-order valence-electron chi connectivity index (χ2n) is 4.80. The molecule has 5 heteroatoms. The van der Waals surface area contributed by atoms with Crippen molar-refractivity contribution in [2.24, 2.45) is 5.92 Å². The van der Waals surface area contributed by atoms with Crippen LogP contribution in [0.2, 0.25) is 5.02 Å². The molecule has 102 valence electrons. The lowest BCUT2D eigenvalue weighted by Crippen LogP contribution is -2.32. The Morgan fingerprint density at radius 3 is 2.89 bits per heavy atom. The Kier molecular flexibility index (Phi) is 4.63. The topological polar surface area (TPSA) is 37.4 Å². The van der Waals surface area contributed by atoms with Gasteiger partial charge in [-0.2, -0.15) is 0 Å². The molecule has 1 saturated heterocycles. The maximum Gasteiger partial charge on any atom is 0.260 e. The molecule has 19 heavy (non-hydrogen) atoms. The van der Waals surface area contributed by atoms with Gasteiger partial charge in [-0.25, -0.2) is 0 Å². The zero-order valence-corrected chi connectivity index (χ0v) is 13.0. The summed E-state index contributed by atoms with van der Waals surface area (Å²) in [4.78, 5) is 25.5. The van der Waals surface area contributed by atoms with E-state index in [1.54, 1.807) is 18.2 Å². The van der Waals surface area contributed by atoms with E-state index in [2.05, 4.69) is 22.9 Å². The smallest absolute Gasteiger partial charge is 0.260 e. The van der Waals surface area contributed by atoms with Crippen LogP contribution >= 0.6 is 27.5 Å². The molecular formula is C14H15BrClNO2. The highest BCUT2D eigenvalue weighted by Crippen LogP contribution is 2.27. The molecule has 1 aromatic carbocycles. The van der Waals surface area contributed by atoms with Gasteiger partial charge in [0.05, 0.1) is 5.02 Å². The van der Waals surface area contributed by atoms with E-state index in [4.69, 9.17) is 11.6 Å². The molecule has 0 spiro atoms. The minimum Gasteiger partial charge on any atom is -0.278 e. The Hall–Kier alpha value is -0.870. The number of benzene rings is 1. The molecule has 1 unspecified atom stereocenters. The highest BCUT2D eigenvalue weighted by Gasteiger charge is 2.33. The summed E-state index contributed by atoms with van der Waals surface area (Å²) in [6, 6.07) is 4.99. The van der Waals surface area contributed by atoms with E-state index in [0.717, 1.165) is 17.3 Å². The lowest BCUT2D eigenvalue weighted by atomic mass is 10.0. The minimum absolute atomic E-state index is 0.0810. The van der Waals surface area contributed by atoms with Crippen LogP contribution in [0.4, 0.5) is 0 Å². The van der Waals surface area contributed by atoms with Gasteiger partial charge in [0.15, 0.2) is 0 Å². The Balaban J connectivity index is 2.15. The third-order valence-electron chi connectivity index (χ3n) is 3.31. The van der Waals surface area contributed by atoms with Crippen LogP contribution in [0.5, 0.6) is 0 Å². The standard InChI is InChI=1S/C14H15BrClNO2/c1-2-3-9-6-13(18)17(8-9)14(19)10-4-5-11(15)12(16)7-10/h4-5,7,9H,2-3,6,8H2,1H3. The van der Waals surface area contributed by atoms with Crippen LogP contribution < -0.4 is 0 Å². The Bertz CT molecular complexity index is 518. The second-order valence-corrected chi connectivity index (χ2v) is 6.06. The predicted molar refractivity (Wildman–Crippen MR) is 78.2 cm³/mol. The average molecular weight is 345 g/mol. The van der Waals surface area contributed by atoms with Crippen molar-refractivity contribution in [2.45, 2.75) is 26.2 Å². The van der Waals surface area contributed by atoms with E-state index < -0.39 is 0 Å². The second kappa shape index (κ2) is 6.06. The Morgan fingerprint density at radius 1 is 1.53 bits per heavy atom. The van der Waals surface area contributed by atoms with Gasteiger partial charge < -0.3 is 0 Å². The maximum absolute atomic E-state index is 12.3. The molecule has 1 heterocycles. The number of likely N-dealkylation sites (tertiary alicyclic amines) is 1. The van der Waals surface area contributed by atoms with Gasteiger partial charge in [0.1, 0.15) is 0 Å². The van der Waals surface area contributed by atoms with Crippen molar-refractivity contribution in [2.75, 3.05) is 6.54 Å². The number of nitrogens with zero attached hydrogens (tertiary/aromatic N) is 1. The molecule has 1 atom stereocenters. The zero-order chi connectivity index (χ0) is 14.0. The first-order valence-corrected chi connectivity index (χ1v) is 7.49. The first-order valence-electron chi connectivity index (χ1n) is 6.32. The van der Waals surface area contributed by atoms with Crippen LogP contribution in [-0.4, -0.2) is 23.3 Å². The predicted octanol–water partition coefficient (Wildman–Crippen LogP) is 3.89. The fourth-order valence-electron chi connectivity index (χ4n) is 2.36. The van der Waals surface area contributed by atoms with Gasteiger partial charge in [0, 0.05) is 23.0 Å². The van der Waals surface area contributed by atoms with E-state index in [-0.39, 0.29) is 11.8 Å². The summed E-state index contributed by atoms with van der Waals surface area (Å²) in [5.41, 5.74) is 0.457. The third kappa shape index (κ3) is 3.18. The summed E-state index contributed by atoms with van der Waals surface area (Å²) in [6.07, 6.45) is 2.49. The van der Waals surface area contributed by atoms with Crippen molar-refractivity contribution in [3.63, 3.8) is 0 Å². The molecule has 2 rings (SSSR count). The van der Waals surface area contributed by atoms with Crippen molar-refractivity contribution < 1.29 is 9.59 Å². The SMILES string of the molecule is CCCC1CC(=O)N(C(=O)c2ccc(Br)c(Cl)c2)C1. The fraction of sp³-hybridized carbons (Fsp3) is 0.429. The number of halogens is 2. The van der Waals surface area contributed by atoms with Gasteiger partial charge in [-0.1, -0.05) is 24.9 Å². The van der Waals surface area contributed by atoms with E-state index in [9.17, 15) is 9.59 Å². The van der Waals surface area contributed by atoms with Crippen LogP contribution in [0.1, 0.15) is 36.5 Å². The summed E-state index contributed by atoms with van der Waals surface area (Å²) in [6.45, 7) is 2.61. The molecule has 2 amide bonds. The molecule has 0 N–H and O–H groups in total. The largest absolute Gasteiger partial charge is 0.278 e. The highest BCUT2D eigenvalue weighted by molar-refractivity contribution is 9.10. The number of imide groups is 1. The zero-order valence-electron chi connectivity index (χ0n) is 10.7. The van der Waals surface area contributed by atoms with Gasteiger partial charge in [0.2, 0.25) is 5.91 Å². The molecule has 0 radical (unpaired) electrons. The van der Waals surface area contributed by atoms with E-state index in [1.807, 2.05) is 0 Å². The number of hydrogen-bond acceptors (Lipinski definition) is 2.